The molecule has 0 atom stereocenters. The van der Waals surface area contributed by atoms with Crippen LogP contribution in [0.25, 0.3) is 0 Å². The van der Waals surface area contributed by atoms with Crippen LogP contribution in [0.15, 0.2) is 83.8 Å². The second-order valence-electron chi connectivity index (χ2n) is 6.24. The number of carboxylic acids is 1. The van der Waals surface area contributed by atoms with Crippen LogP contribution in [0.3, 0.4) is 0 Å². The van der Waals surface area contributed by atoms with Crippen molar-refractivity contribution in [2.75, 3.05) is 16.2 Å². The third kappa shape index (κ3) is 4.97. The van der Waals surface area contributed by atoms with Crippen molar-refractivity contribution in [2.24, 2.45) is 0 Å². The highest BCUT2D eigenvalue weighted by molar-refractivity contribution is 7.92. The van der Waals surface area contributed by atoms with Crippen LogP contribution in [-0.2, 0) is 14.8 Å². The van der Waals surface area contributed by atoms with Crippen molar-refractivity contribution < 1.29 is 23.1 Å². The molecule has 0 aliphatic rings. The number of carboxylic acid groups (broad SMARTS) is 1. The van der Waals surface area contributed by atoms with E-state index < -0.39 is 28.4 Å². The zero-order chi connectivity index (χ0) is 21.7. The van der Waals surface area contributed by atoms with Crippen LogP contribution in [0.5, 0.6) is 0 Å². The molecule has 0 saturated carbocycles. The summed E-state index contributed by atoms with van der Waals surface area (Å²) in [7, 11) is -4.04. The van der Waals surface area contributed by atoms with E-state index >= 15 is 0 Å². The Bertz CT molecular complexity index is 1170. The fourth-order valence-electron chi connectivity index (χ4n) is 2.70. The Labute approximate surface area is 178 Å². The number of sulfonamides is 1. The van der Waals surface area contributed by atoms with E-state index in [-0.39, 0.29) is 21.8 Å². The minimum absolute atomic E-state index is 0.000681. The van der Waals surface area contributed by atoms with E-state index in [1.807, 2.05) is 0 Å². The summed E-state index contributed by atoms with van der Waals surface area (Å²) in [5.41, 5.74) is 0.505. The summed E-state index contributed by atoms with van der Waals surface area (Å²) in [6.45, 7) is -0.518. The Morgan fingerprint density at radius 3 is 2.23 bits per heavy atom. The first-order valence-corrected chi connectivity index (χ1v) is 10.6. The lowest BCUT2D eigenvalue weighted by molar-refractivity contribution is -0.114. The van der Waals surface area contributed by atoms with Gasteiger partial charge in [-0.05, 0) is 54.6 Å². The number of benzene rings is 3. The SMILES string of the molecule is O=C(CN(c1ccc(Cl)cc1)S(=O)(=O)c1ccccc1)Nc1cccc(C(=O)O)c1. The van der Waals surface area contributed by atoms with Gasteiger partial charge in [-0.15, -0.1) is 0 Å². The molecule has 0 fully saturated rings. The molecule has 0 aliphatic carbocycles. The minimum Gasteiger partial charge on any atom is -0.478 e. The van der Waals surface area contributed by atoms with Crippen LogP contribution in [0.1, 0.15) is 10.4 Å². The van der Waals surface area contributed by atoms with Gasteiger partial charge in [0.15, 0.2) is 0 Å². The molecule has 9 heteroatoms. The van der Waals surface area contributed by atoms with E-state index in [9.17, 15) is 18.0 Å². The van der Waals surface area contributed by atoms with Crippen LogP contribution < -0.4 is 9.62 Å². The fraction of sp³-hybridized carbons (Fsp3) is 0.0476. The number of hydrogen-bond acceptors (Lipinski definition) is 4. The van der Waals surface area contributed by atoms with E-state index in [0.717, 1.165) is 4.31 Å². The summed E-state index contributed by atoms with van der Waals surface area (Å²) in [6, 6.07) is 19.5. The van der Waals surface area contributed by atoms with Crippen LogP contribution in [-0.4, -0.2) is 31.9 Å². The quantitative estimate of drug-likeness (QED) is 0.575. The molecule has 2 N–H and O–H groups in total. The Morgan fingerprint density at radius 1 is 0.933 bits per heavy atom. The highest BCUT2D eigenvalue weighted by Gasteiger charge is 2.27. The number of hydrogen-bond donors (Lipinski definition) is 2. The van der Waals surface area contributed by atoms with Crippen LogP contribution in [0.2, 0.25) is 5.02 Å². The highest BCUT2D eigenvalue weighted by atomic mass is 35.5. The van der Waals surface area contributed by atoms with Crippen LogP contribution in [0, 0.1) is 0 Å². The van der Waals surface area contributed by atoms with Crippen molar-refractivity contribution in [3.05, 3.63) is 89.4 Å². The summed E-state index contributed by atoms with van der Waals surface area (Å²) >= 11 is 5.91. The van der Waals surface area contributed by atoms with Crippen molar-refractivity contribution in [3.8, 4) is 0 Å². The van der Waals surface area contributed by atoms with Crippen LogP contribution >= 0.6 is 11.6 Å². The predicted molar refractivity (Wildman–Crippen MR) is 114 cm³/mol. The van der Waals surface area contributed by atoms with Gasteiger partial charge in [0.25, 0.3) is 10.0 Å². The van der Waals surface area contributed by atoms with Gasteiger partial charge in [-0.1, -0.05) is 35.9 Å². The number of nitrogens with zero attached hydrogens (tertiary/aromatic N) is 1. The molecule has 30 heavy (non-hydrogen) atoms. The average Bonchev–Trinajstić information content (AvgIpc) is 2.73. The number of carbonyl (C=O) groups excluding carboxylic acids is 1. The van der Waals surface area contributed by atoms with Gasteiger partial charge in [0, 0.05) is 10.7 Å². The van der Waals surface area contributed by atoms with Gasteiger partial charge >= 0.3 is 5.97 Å². The maximum atomic E-state index is 13.2. The Balaban J connectivity index is 1.91. The molecule has 7 nitrogen and oxygen atoms in total. The second kappa shape index (κ2) is 8.98. The Hall–Kier alpha value is -3.36. The number of nitrogens with one attached hydrogen (secondary N) is 1. The smallest absolute Gasteiger partial charge is 0.335 e. The number of rotatable bonds is 7. The number of halogens is 1. The summed E-state index contributed by atoms with van der Waals surface area (Å²) in [6.07, 6.45) is 0. The molecule has 3 aromatic rings. The molecule has 0 aliphatic heterocycles. The summed E-state index contributed by atoms with van der Waals surface area (Å²) < 4.78 is 27.3. The molecular weight excluding hydrogens is 428 g/mol. The average molecular weight is 445 g/mol. The maximum Gasteiger partial charge on any atom is 0.335 e. The van der Waals surface area contributed by atoms with E-state index in [1.165, 1.54) is 60.7 Å². The number of amides is 1. The van der Waals surface area contributed by atoms with E-state index in [2.05, 4.69) is 5.32 Å². The van der Waals surface area contributed by atoms with Gasteiger partial charge in [-0.3, -0.25) is 9.10 Å². The first-order chi connectivity index (χ1) is 14.3. The molecule has 3 rings (SSSR count). The topological polar surface area (TPSA) is 104 Å². The summed E-state index contributed by atoms with van der Waals surface area (Å²) in [4.78, 5) is 23.8. The van der Waals surface area contributed by atoms with E-state index in [4.69, 9.17) is 16.7 Å². The zero-order valence-electron chi connectivity index (χ0n) is 15.5. The van der Waals surface area contributed by atoms with Gasteiger partial charge in [-0.25, -0.2) is 13.2 Å². The standard InChI is InChI=1S/C21H17ClN2O5S/c22-16-9-11-18(12-10-16)24(30(28,29)19-7-2-1-3-8-19)14-20(25)23-17-6-4-5-15(13-17)21(26)27/h1-13H,14H2,(H,23,25)(H,26,27). The molecule has 0 aromatic heterocycles. The summed E-state index contributed by atoms with van der Waals surface area (Å²) in [5, 5.41) is 12.0. The van der Waals surface area contributed by atoms with Gasteiger partial charge in [0.1, 0.15) is 6.54 Å². The normalized spacial score (nSPS) is 11.0. The fourth-order valence-corrected chi connectivity index (χ4v) is 4.27. The Kier molecular flexibility index (Phi) is 6.39. The lowest BCUT2D eigenvalue weighted by atomic mass is 10.2. The number of carbonyl (C=O) groups is 2. The zero-order valence-corrected chi connectivity index (χ0v) is 17.1. The van der Waals surface area contributed by atoms with Gasteiger partial charge < -0.3 is 10.4 Å². The molecule has 154 valence electrons. The van der Waals surface area contributed by atoms with Gasteiger partial charge in [0.2, 0.25) is 5.91 Å². The van der Waals surface area contributed by atoms with Crippen LogP contribution in [0.4, 0.5) is 11.4 Å². The third-order valence-corrected chi connectivity index (χ3v) is 6.17. The van der Waals surface area contributed by atoms with E-state index in [0.29, 0.717) is 5.02 Å². The molecule has 0 bridgehead atoms. The molecule has 0 heterocycles. The third-order valence-electron chi connectivity index (χ3n) is 4.13. The summed E-state index contributed by atoms with van der Waals surface area (Å²) in [5.74, 6) is -1.77. The first-order valence-electron chi connectivity index (χ1n) is 8.74. The molecule has 0 radical (unpaired) electrons. The molecule has 3 aromatic carbocycles. The van der Waals surface area contributed by atoms with Crippen molar-refractivity contribution in [2.45, 2.75) is 4.90 Å². The van der Waals surface area contributed by atoms with Crippen molar-refractivity contribution in [1.29, 1.82) is 0 Å². The highest BCUT2D eigenvalue weighted by Crippen LogP contribution is 2.25. The van der Waals surface area contributed by atoms with E-state index in [1.54, 1.807) is 18.2 Å². The van der Waals surface area contributed by atoms with Crippen molar-refractivity contribution in [1.82, 2.24) is 0 Å². The number of aromatic carboxylic acids is 1. The molecule has 0 spiro atoms. The van der Waals surface area contributed by atoms with Gasteiger partial charge in [0.05, 0.1) is 16.1 Å². The minimum atomic E-state index is -4.04. The second-order valence-corrected chi connectivity index (χ2v) is 8.53. The molecule has 0 saturated heterocycles. The van der Waals surface area contributed by atoms with Crippen molar-refractivity contribution in [3.63, 3.8) is 0 Å². The largest absolute Gasteiger partial charge is 0.478 e. The monoisotopic (exact) mass is 444 g/mol. The Morgan fingerprint density at radius 2 is 1.60 bits per heavy atom. The molecular formula is C21H17ClN2O5S. The predicted octanol–water partition coefficient (Wildman–Crippen LogP) is 3.87. The lowest BCUT2D eigenvalue weighted by Crippen LogP contribution is -2.38. The maximum absolute atomic E-state index is 13.2. The number of anilines is 2. The first kappa shape index (κ1) is 21.4. The van der Waals surface area contributed by atoms with Gasteiger partial charge in [-0.2, -0.15) is 0 Å². The lowest BCUT2D eigenvalue weighted by Gasteiger charge is -2.24. The molecule has 0 unspecified atom stereocenters. The molecule has 1 amide bonds. The van der Waals surface area contributed by atoms with Crippen molar-refractivity contribution >= 4 is 44.9 Å².